The average molecular weight is 406 g/mol. The van der Waals surface area contributed by atoms with E-state index in [4.69, 9.17) is 4.42 Å². The Balaban J connectivity index is 1.45. The van der Waals surface area contributed by atoms with E-state index in [1.165, 1.54) is 0 Å². The average Bonchev–Trinajstić information content (AvgIpc) is 3.31. The number of thiophene rings is 1. The van der Waals surface area contributed by atoms with E-state index in [1.54, 1.807) is 35.6 Å². The summed E-state index contributed by atoms with van der Waals surface area (Å²) >= 11 is 1.54. The van der Waals surface area contributed by atoms with Gasteiger partial charge in [-0.25, -0.2) is 8.42 Å². The molecule has 27 heavy (non-hydrogen) atoms. The number of benzene rings is 1. The molecule has 7 nitrogen and oxygen atoms in total. The van der Waals surface area contributed by atoms with Crippen molar-refractivity contribution in [3.05, 3.63) is 64.2 Å². The number of carbonyl (C=O) groups excluding carboxylic acids is 1. The number of sulfone groups is 1. The molecular weight excluding hydrogens is 386 g/mol. The molecule has 0 bridgehead atoms. The van der Waals surface area contributed by atoms with Crippen molar-refractivity contribution >= 4 is 27.1 Å². The Kier molecular flexibility index (Phi) is 6.36. The summed E-state index contributed by atoms with van der Waals surface area (Å²) in [5.74, 6) is 0.0112. The zero-order valence-corrected chi connectivity index (χ0v) is 16.1. The third-order valence-electron chi connectivity index (χ3n) is 3.72. The number of aryl methyl sites for hydroxylation is 1. The van der Waals surface area contributed by atoms with Crippen LogP contribution in [0.5, 0.6) is 0 Å². The van der Waals surface area contributed by atoms with Crippen LogP contribution in [0, 0.1) is 0 Å². The van der Waals surface area contributed by atoms with Gasteiger partial charge >= 0.3 is 5.22 Å². The van der Waals surface area contributed by atoms with E-state index < -0.39 is 9.84 Å². The molecule has 142 valence electrons. The van der Waals surface area contributed by atoms with Crippen LogP contribution in [0.1, 0.15) is 22.8 Å². The van der Waals surface area contributed by atoms with E-state index in [1.807, 2.05) is 23.6 Å². The summed E-state index contributed by atoms with van der Waals surface area (Å²) in [5, 5.41) is 11.8. The molecule has 0 aliphatic rings. The van der Waals surface area contributed by atoms with Gasteiger partial charge in [0.15, 0.2) is 0 Å². The zero-order chi connectivity index (χ0) is 19.1. The Morgan fingerprint density at radius 3 is 2.67 bits per heavy atom. The molecule has 3 rings (SSSR count). The van der Waals surface area contributed by atoms with Gasteiger partial charge in [-0.2, -0.15) is 0 Å². The van der Waals surface area contributed by atoms with Crippen molar-refractivity contribution in [3.8, 4) is 0 Å². The largest absolute Gasteiger partial charge is 0.413 e. The van der Waals surface area contributed by atoms with Crippen molar-refractivity contribution in [2.45, 2.75) is 30.2 Å². The molecule has 1 N–H and O–H groups in total. The summed E-state index contributed by atoms with van der Waals surface area (Å²) in [4.78, 5) is 12.8. The van der Waals surface area contributed by atoms with E-state index in [0.717, 1.165) is 4.88 Å². The highest BCUT2D eigenvalue weighted by atomic mass is 32.2. The minimum absolute atomic E-state index is 0.0471. The molecule has 0 saturated heterocycles. The van der Waals surface area contributed by atoms with Crippen LogP contribution in [0.15, 0.2) is 57.5 Å². The van der Waals surface area contributed by atoms with Crippen LogP contribution in [-0.4, -0.2) is 31.1 Å². The molecule has 2 aromatic heterocycles. The van der Waals surface area contributed by atoms with E-state index in [2.05, 4.69) is 15.5 Å². The van der Waals surface area contributed by atoms with Crippen LogP contribution in [0.4, 0.5) is 0 Å². The van der Waals surface area contributed by atoms with Crippen molar-refractivity contribution < 1.29 is 17.6 Å². The first-order valence-corrected chi connectivity index (χ1v) is 10.9. The van der Waals surface area contributed by atoms with Crippen LogP contribution in [0.2, 0.25) is 0 Å². The van der Waals surface area contributed by atoms with Crippen LogP contribution in [-0.2, 0) is 33.2 Å². The molecule has 0 fully saturated rings. The molecule has 0 aliphatic carbocycles. The lowest BCUT2D eigenvalue weighted by Crippen LogP contribution is -2.26. The van der Waals surface area contributed by atoms with E-state index >= 15 is 0 Å². The van der Waals surface area contributed by atoms with Crippen LogP contribution < -0.4 is 5.32 Å². The molecule has 0 unspecified atom stereocenters. The second-order valence-electron chi connectivity index (χ2n) is 5.92. The highest BCUT2D eigenvalue weighted by molar-refractivity contribution is 7.90. The van der Waals surface area contributed by atoms with Gasteiger partial charge in [0.1, 0.15) is 0 Å². The molecule has 0 spiro atoms. The van der Waals surface area contributed by atoms with Gasteiger partial charge in [-0.15, -0.1) is 16.4 Å². The number of carbonyl (C=O) groups is 1. The monoisotopic (exact) mass is 405 g/mol. The standard InChI is InChI=1S/C18H19N3O4S2/c22-16(12-15-8-5-11-26-15)19-10-4-9-17-20-21-18(25-17)27(23,24)13-14-6-2-1-3-7-14/h1-3,5-8,11H,4,9-10,12-13H2,(H,19,22). The van der Waals surface area contributed by atoms with E-state index in [-0.39, 0.29) is 22.8 Å². The lowest BCUT2D eigenvalue weighted by atomic mass is 10.2. The van der Waals surface area contributed by atoms with Crippen molar-refractivity contribution in [2.75, 3.05) is 6.54 Å². The maximum absolute atomic E-state index is 12.3. The first-order valence-electron chi connectivity index (χ1n) is 8.41. The zero-order valence-electron chi connectivity index (χ0n) is 14.5. The van der Waals surface area contributed by atoms with Crippen molar-refractivity contribution in [2.24, 2.45) is 0 Å². The Hall–Kier alpha value is -2.52. The Bertz CT molecular complexity index is 967. The Morgan fingerprint density at radius 1 is 1.11 bits per heavy atom. The minimum Gasteiger partial charge on any atom is -0.413 e. The van der Waals surface area contributed by atoms with Crippen LogP contribution in [0.3, 0.4) is 0 Å². The van der Waals surface area contributed by atoms with Gasteiger partial charge < -0.3 is 9.73 Å². The topological polar surface area (TPSA) is 102 Å². The van der Waals surface area contributed by atoms with Crippen molar-refractivity contribution in [1.29, 1.82) is 0 Å². The van der Waals surface area contributed by atoms with Gasteiger partial charge in [0.25, 0.3) is 0 Å². The predicted molar refractivity (Wildman–Crippen MR) is 101 cm³/mol. The third-order valence-corrected chi connectivity index (χ3v) is 6.01. The number of nitrogens with zero attached hydrogens (tertiary/aromatic N) is 2. The summed E-state index contributed by atoms with van der Waals surface area (Å²) in [6.07, 6.45) is 1.34. The van der Waals surface area contributed by atoms with Crippen LogP contribution >= 0.6 is 11.3 Å². The molecule has 0 radical (unpaired) electrons. The van der Waals surface area contributed by atoms with Gasteiger partial charge in [0.2, 0.25) is 21.6 Å². The third kappa shape index (κ3) is 5.73. The number of hydrogen-bond acceptors (Lipinski definition) is 7. The number of amides is 1. The summed E-state index contributed by atoms with van der Waals surface area (Å²) in [6, 6.07) is 12.7. The molecule has 0 atom stereocenters. The number of rotatable bonds is 9. The lowest BCUT2D eigenvalue weighted by molar-refractivity contribution is -0.120. The lowest BCUT2D eigenvalue weighted by Gasteiger charge is -2.02. The number of aromatic nitrogens is 2. The minimum atomic E-state index is -3.67. The smallest absolute Gasteiger partial charge is 0.335 e. The SMILES string of the molecule is O=C(Cc1cccs1)NCCCc1nnc(S(=O)(=O)Cc2ccccc2)o1. The van der Waals surface area contributed by atoms with Gasteiger partial charge in [0, 0.05) is 17.8 Å². The molecule has 9 heteroatoms. The molecule has 1 aromatic carbocycles. The molecule has 3 aromatic rings. The molecule has 2 heterocycles. The summed E-state index contributed by atoms with van der Waals surface area (Å²) in [5.41, 5.74) is 0.658. The Labute approximate surface area is 161 Å². The highest BCUT2D eigenvalue weighted by Crippen LogP contribution is 2.15. The fraction of sp³-hybridized carbons (Fsp3) is 0.278. The fourth-order valence-corrected chi connectivity index (χ4v) is 4.27. The van der Waals surface area contributed by atoms with Gasteiger partial charge in [-0.3, -0.25) is 4.79 Å². The highest BCUT2D eigenvalue weighted by Gasteiger charge is 2.22. The van der Waals surface area contributed by atoms with Crippen molar-refractivity contribution in [1.82, 2.24) is 15.5 Å². The first-order chi connectivity index (χ1) is 13.0. The quantitative estimate of drug-likeness (QED) is 0.549. The fourth-order valence-electron chi connectivity index (χ4n) is 2.42. The van der Waals surface area contributed by atoms with E-state index in [0.29, 0.717) is 31.4 Å². The van der Waals surface area contributed by atoms with Crippen LogP contribution in [0.25, 0.3) is 0 Å². The summed E-state index contributed by atoms with van der Waals surface area (Å²) in [6.45, 7) is 0.457. The Morgan fingerprint density at radius 2 is 1.93 bits per heavy atom. The molecule has 0 aliphatic heterocycles. The normalized spacial score (nSPS) is 11.4. The number of hydrogen-bond donors (Lipinski definition) is 1. The summed E-state index contributed by atoms with van der Waals surface area (Å²) < 4.78 is 30.0. The van der Waals surface area contributed by atoms with Gasteiger partial charge in [-0.1, -0.05) is 41.5 Å². The van der Waals surface area contributed by atoms with Gasteiger partial charge in [0.05, 0.1) is 12.2 Å². The summed E-state index contributed by atoms with van der Waals surface area (Å²) in [7, 11) is -3.67. The van der Waals surface area contributed by atoms with E-state index in [9.17, 15) is 13.2 Å². The molecule has 0 saturated carbocycles. The van der Waals surface area contributed by atoms with Gasteiger partial charge in [-0.05, 0) is 23.4 Å². The second kappa shape index (κ2) is 8.92. The molecule has 1 amide bonds. The molecular formula is C18H19N3O4S2. The first kappa shape index (κ1) is 19.2. The predicted octanol–water partition coefficient (Wildman–Crippen LogP) is 2.40. The number of nitrogens with one attached hydrogen (secondary N) is 1. The maximum atomic E-state index is 12.3. The van der Waals surface area contributed by atoms with Crippen molar-refractivity contribution in [3.63, 3.8) is 0 Å². The second-order valence-corrected chi connectivity index (χ2v) is 8.82. The maximum Gasteiger partial charge on any atom is 0.335 e.